The smallest absolute Gasteiger partial charge is 0.233 e. The number of allylic oxidation sites excluding steroid dienone is 7. The van der Waals surface area contributed by atoms with Gasteiger partial charge in [0.25, 0.3) is 0 Å². The molecule has 2 heterocycles. The number of rotatable bonds is 4. The van der Waals surface area contributed by atoms with Gasteiger partial charge >= 0.3 is 0 Å². The highest BCUT2D eigenvalue weighted by Gasteiger charge is 2.31. The van der Waals surface area contributed by atoms with E-state index in [-0.39, 0.29) is 17.7 Å². The monoisotopic (exact) mass is 309 g/mol. The van der Waals surface area contributed by atoms with Gasteiger partial charge in [-0.15, -0.1) is 0 Å². The fourth-order valence-corrected chi connectivity index (χ4v) is 3.18. The highest BCUT2D eigenvalue weighted by Crippen LogP contribution is 2.30. The predicted octanol–water partition coefficient (Wildman–Crippen LogP) is 3.25. The average molecular weight is 309 g/mol. The first-order valence-corrected chi connectivity index (χ1v) is 8.23. The zero-order chi connectivity index (χ0) is 16.2. The van der Waals surface area contributed by atoms with Crippen molar-refractivity contribution >= 4 is 5.91 Å². The number of nitrogens with one attached hydrogen (secondary N) is 1. The second-order valence-corrected chi connectivity index (χ2v) is 6.34. The minimum absolute atomic E-state index is 0.0160. The molecule has 1 aliphatic carbocycles. The third-order valence-corrected chi connectivity index (χ3v) is 4.30. The number of hydrogen-bond acceptors (Lipinski definition) is 2. The van der Waals surface area contributed by atoms with E-state index < -0.39 is 0 Å². The lowest BCUT2D eigenvalue weighted by Crippen LogP contribution is -2.32. The van der Waals surface area contributed by atoms with Gasteiger partial charge in [-0.1, -0.05) is 44.2 Å². The van der Waals surface area contributed by atoms with Crippen molar-refractivity contribution in [2.45, 2.75) is 39.2 Å². The molecule has 0 fully saturated rings. The molecule has 0 unspecified atom stereocenters. The topological polar surface area (TPSA) is 46.9 Å². The molecule has 2 aliphatic rings. The van der Waals surface area contributed by atoms with Crippen molar-refractivity contribution in [3.05, 3.63) is 65.9 Å². The van der Waals surface area contributed by atoms with Gasteiger partial charge < -0.3 is 9.88 Å². The van der Waals surface area contributed by atoms with Gasteiger partial charge in [0.15, 0.2) is 0 Å². The molecule has 120 valence electrons. The van der Waals surface area contributed by atoms with E-state index in [1.165, 1.54) is 5.69 Å². The Kier molecular flexibility index (Phi) is 4.60. The largest absolute Gasteiger partial charge is 0.334 e. The number of hydrogen-bond donors (Lipinski definition) is 1. The summed E-state index contributed by atoms with van der Waals surface area (Å²) in [5.41, 5.74) is 2.97. The van der Waals surface area contributed by atoms with Crippen molar-refractivity contribution in [1.29, 1.82) is 0 Å². The standard InChI is InChI=1S/C19H23N3O/c1-14(2)17(18-16-11-8-12-22(16)13-20-18)19(23)21-15-9-6-4-3-5-7-10-15/h3-7,9-10,13-14,17H,8,11-12H2,1-2H3,(H,21,23)/b4-3-,5-3?,6-4?,7-5-,9-6-,10-7?,15-9?,15-10+/t17-/m1/s1. The van der Waals surface area contributed by atoms with E-state index >= 15 is 0 Å². The summed E-state index contributed by atoms with van der Waals surface area (Å²) in [5.74, 6) is -0.00496. The molecule has 0 aromatic carbocycles. The maximum absolute atomic E-state index is 12.9. The van der Waals surface area contributed by atoms with Crippen molar-refractivity contribution in [2.75, 3.05) is 0 Å². The van der Waals surface area contributed by atoms with E-state index in [0.717, 1.165) is 30.8 Å². The molecule has 4 nitrogen and oxygen atoms in total. The van der Waals surface area contributed by atoms with Crippen LogP contribution in [0.25, 0.3) is 0 Å². The first-order valence-electron chi connectivity index (χ1n) is 8.23. The average Bonchev–Trinajstić information content (AvgIpc) is 3.06. The lowest BCUT2D eigenvalue weighted by atomic mass is 9.89. The lowest BCUT2D eigenvalue weighted by molar-refractivity contribution is -0.122. The van der Waals surface area contributed by atoms with Crippen molar-refractivity contribution in [1.82, 2.24) is 14.9 Å². The molecule has 1 amide bonds. The Morgan fingerprint density at radius 2 is 2.00 bits per heavy atom. The van der Waals surface area contributed by atoms with Crippen molar-refractivity contribution < 1.29 is 4.79 Å². The SMILES string of the molecule is CC(C)[C@@H](C(=O)NC1=C/C=C\C=C/C=C\1)c1ncn2c1CCC2. The minimum atomic E-state index is -0.219. The second-order valence-electron chi connectivity index (χ2n) is 6.34. The van der Waals surface area contributed by atoms with Crippen LogP contribution in [0, 0.1) is 5.92 Å². The Balaban J connectivity index is 1.82. The lowest BCUT2D eigenvalue weighted by Gasteiger charge is -2.20. The highest BCUT2D eigenvalue weighted by atomic mass is 16.1. The number of fused-ring (bicyclic) bond motifs is 1. The van der Waals surface area contributed by atoms with E-state index in [4.69, 9.17) is 0 Å². The molecule has 3 rings (SSSR count). The van der Waals surface area contributed by atoms with Gasteiger partial charge in [-0.25, -0.2) is 4.98 Å². The molecular weight excluding hydrogens is 286 g/mol. The summed E-state index contributed by atoms with van der Waals surface area (Å²) in [6.45, 7) is 5.17. The van der Waals surface area contributed by atoms with Crippen LogP contribution in [0.2, 0.25) is 0 Å². The van der Waals surface area contributed by atoms with Crippen LogP contribution in [0.1, 0.15) is 37.6 Å². The Hall–Kier alpha value is -2.36. The molecule has 0 bridgehead atoms. The second kappa shape index (κ2) is 6.82. The van der Waals surface area contributed by atoms with Gasteiger partial charge in [-0.05, 0) is 30.9 Å². The van der Waals surface area contributed by atoms with Gasteiger partial charge in [0.1, 0.15) is 0 Å². The first kappa shape index (κ1) is 15.5. The number of aromatic nitrogens is 2. The third kappa shape index (κ3) is 3.36. The molecule has 1 atom stereocenters. The van der Waals surface area contributed by atoms with Crippen LogP contribution >= 0.6 is 0 Å². The first-order chi connectivity index (χ1) is 11.2. The molecule has 0 saturated carbocycles. The molecule has 0 saturated heterocycles. The predicted molar refractivity (Wildman–Crippen MR) is 91.8 cm³/mol. The van der Waals surface area contributed by atoms with Crippen LogP contribution in [0.15, 0.2) is 54.6 Å². The summed E-state index contributed by atoms with van der Waals surface area (Å²) in [4.78, 5) is 17.4. The van der Waals surface area contributed by atoms with Crippen molar-refractivity contribution in [3.63, 3.8) is 0 Å². The Morgan fingerprint density at radius 3 is 2.83 bits per heavy atom. The maximum Gasteiger partial charge on any atom is 0.233 e. The number of aryl methyl sites for hydroxylation is 1. The third-order valence-electron chi connectivity index (χ3n) is 4.30. The van der Waals surface area contributed by atoms with Crippen LogP contribution in [-0.4, -0.2) is 15.5 Å². The Bertz CT molecular complexity index is 704. The van der Waals surface area contributed by atoms with Crippen LogP contribution in [0.3, 0.4) is 0 Å². The molecule has 1 aliphatic heterocycles. The minimum Gasteiger partial charge on any atom is -0.334 e. The number of nitrogens with zero attached hydrogens (tertiary/aromatic N) is 2. The quantitative estimate of drug-likeness (QED) is 0.928. The van der Waals surface area contributed by atoms with Crippen molar-refractivity contribution in [2.24, 2.45) is 5.92 Å². The molecule has 23 heavy (non-hydrogen) atoms. The molecule has 1 N–H and O–H groups in total. The molecule has 1 aromatic heterocycles. The normalized spacial score (nSPS) is 24.0. The summed E-state index contributed by atoms with van der Waals surface area (Å²) in [7, 11) is 0. The van der Waals surface area contributed by atoms with Crippen LogP contribution in [0.4, 0.5) is 0 Å². The zero-order valence-corrected chi connectivity index (χ0v) is 13.7. The number of carbonyl (C=O) groups excluding carboxylic acids is 1. The van der Waals surface area contributed by atoms with E-state index in [1.807, 2.05) is 48.9 Å². The molecule has 0 spiro atoms. The number of imidazole rings is 1. The molecular formula is C19H23N3O. The van der Waals surface area contributed by atoms with Gasteiger partial charge in [-0.3, -0.25) is 4.79 Å². The van der Waals surface area contributed by atoms with Gasteiger partial charge in [0.05, 0.1) is 17.9 Å². The van der Waals surface area contributed by atoms with Crippen molar-refractivity contribution in [3.8, 4) is 0 Å². The molecule has 4 heteroatoms. The van der Waals surface area contributed by atoms with Gasteiger partial charge in [0.2, 0.25) is 5.91 Å². The van der Waals surface area contributed by atoms with Crippen LogP contribution < -0.4 is 5.32 Å². The zero-order valence-electron chi connectivity index (χ0n) is 13.7. The number of amides is 1. The van der Waals surface area contributed by atoms with E-state index in [0.29, 0.717) is 0 Å². The summed E-state index contributed by atoms with van der Waals surface area (Å²) >= 11 is 0. The van der Waals surface area contributed by atoms with E-state index in [2.05, 4.69) is 28.7 Å². The van der Waals surface area contributed by atoms with Gasteiger partial charge in [-0.2, -0.15) is 0 Å². The highest BCUT2D eigenvalue weighted by molar-refractivity contribution is 5.85. The van der Waals surface area contributed by atoms with E-state index in [1.54, 1.807) is 0 Å². The number of carbonyl (C=O) groups is 1. The van der Waals surface area contributed by atoms with Gasteiger partial charge in [0, 0.05) is 17.9 Å². The van der Waals surface area contributed by atoms with E-state index in [9.17, 15) is 4.79 Å². The summed E-state index contributed by atoms with van der Waals surface area (Å²) in [5, 5.41) is 3.05. The Morgan fingerprint density at radius 1 is 1.22 bits per heavy atom. The summed E-state index contributed by atoms with van der Waals surface area (Å²) in [6.07, 6.45) is 17.5. The Labute approximate surface area is 137 Å². The fourth-order valence-electron chi connectivity index (χ4n) is 3.18. The summed E-state index contributed by atoms with van der Waals surface area (Å²) in [6, 6.07) is 0. The molecule has 0 radical (unpaired) electrons. The molecule has 1 aromatic rings. The summed E-state index contributed by atoms with van der Waals surface area (Å²) < 4.78 is 2.18. The van der Waals surface area contributed by atoms with Crippen LogP contribution in [0.5, 0.6) is 0 Å². The fraction of sp³-hybridized carbons (Fsp3) is 0.368. The maximum atomic E-state index is 12.9. The van der Waals surface area contributed by atoms with Crippen LogP contribution in [-0.2, 0) is 17.8 Å².